The van der Waals surface area contributed by atoms with Gasteiger partial charge in [0.1, 0.15) is 0 Å². The van der Waals surface area contributed by atoms with Crippen LogP contribution in [0.15, 0.2) is 29.9 Å². The number of nitrogens with one attached hydrogen (secondary N) is 1. The van der Waals surface area contributed by atoms with Gasteiger partial charge < -0.3 is 5.11 Å². The normalized spacial score (nSPS) is 14.0. The molecule has 0 aliphatic rings. The first-order valence-corrected chi connectivity index (χ1v) is 6.71. The van der Waals surface area contributed by atoms with Crippen molar-refractivity contribution in [3.05, 3.63) is 46.2 Å². The lowest BCUT2D eigenvalue weighted by Gasteiger charge is -2.26. The summed E-state index contributed by atoms with van der Waals surface area (Å²) in [6, 6.07) is 3.90. The van der Waals surface area contributed by atoms with Gasteiger partial charge in [0.25, 0.3) is 0 Å². The van der Waals surface area contributed by atoms with E-state index in [1.54, 1.807) is 31.4 Å². The molecule has 0 aliphatic heterocycles. The van der Waals surface area contributed by atoms with E-state index in [1.807, 2.05) is 17.5 Å². The second-order valence-electron chi connectivity index (χ2n) is 4.35. The average molecular weight is 277 g/mol. The topological polar surface area (TPSA) is 75.1 Å². The van der Waals surface area contributed by atoms with Gasteiger partial charge in [-0.2, -0.15) is 0 Å². The van der Waals surface area contributed by atoms with Crippen molar-refractivity contribution in [1.29, 1.82) is 0 Å². The number of aromatic nitrogens is 2. The highest BCUT2D eigenvalue weighted by Gasteiger charge is 2.37. The van der Waals surface area contributed by atoms with E-state index in [9.17, 15) is 9.90 Å². The third kappa shape index (κ3) is 2.80. The molecule has 1 unspecified atom stereocenters. The van der Waals surface area contributed by atoms with E-state index in [1.165, 1.54) is 6.20 Å². The summed E-state index contributed by atoms with van der Waals surface area (Å²) in [6.07, 6.45) is 3.07. The predicted octanol–water partition coefficient (Wildman–Crippen LogP) is 1.94. The molecule has 0 saturated heterocycles. The van der Waals surface area contributed by atoms with Crippen LogP contribution in [-0.2, 0) is 16.9 Å². The first kappa shape index (κ1) is 13.6. The van der Waals surface area contributed by atoms with E-state index < -0.39 is 11.5 Å². The molecule has 2 aromatic rings. The zero-order valence-corrected chi connectivity index (χ0v) is 11.6. The molecule has 6 heteroatoms. The van der Waals surface area contributed by atoms with Crippen molar-refractivity contribution < 1.29 is 9.90 Å². The van der Waals surface area contributed by atoms with Crippen molar-refractivity contribution in [3.8, 4) is 0 Å². The minimum atomic E-state index is -1.25. The van der Waals surface area contributed by atoms with Gasteiger partial charge in [-0.25, -0.2) is 4.79 Å². The Morgan fingerprint density at radius 2 is 2.21 bits per heavy atom. The SMILES string of the molecule is Cc1nccnc1C(C)(NCc1cccs1)C(=O)O. The van der Waals surface area contributed by atoms with Crippen LogP contribution in [0.2, 0.25) is 0 Å². The van der Waals surface area contributed by atoms with Crippen molar-refractivity contribution >= 4 is 17.3 Å². The lowest BCUT2D eigenvalue weighted by Crippen LogP contribution is -2.47. The molecule has 19 heavy (non-hydrogen) atoms. The zero-order chi connectivity index (χ0) is 13.9. The molecule has 0 radical (unpaired) electrons. The molecule has 0 aliphatic carbocycles. The predicted molar refractivity (Wildman–Crippen MR) is 72.9 cm³/mol. The number of nitrogens with zero attached hydrogens (tertiary/aromatic N) is 2. The Kier molecular flexibility index (Phi) is 3.92. The zero-order valence-electron chi connectivity index (χ0n) is 10.8. The van der Waals surface area contributed by atoms with Gasteiger partial charge in [-0.15, -0.1) is 11.3 Å². The molecule has 2 aromatic heterocycles. The van der Waals surface area contributed by atoms with Crippen LogP contribution in [0.25, 0.3) is 0 Å². The lowest BCUT2D eigenvalue weighted by molar-refractivity contribution is -0.144. The minimum Gasteiger partial charge on any atom is -0.480 e. The Hall–Kier alpha value is -1.79. The first-order valence-electron chi connectivity index (χ1n) is 5.83. The van der Waals surface area contributed by atoms with Gasteiger partial charge in [-0.1, -0.05) is 6.07 Å². The van der Waals surface area contributed by atoms with Crippen LogP contribution in [0.3, 0.4) is 0 Å². The summed E-state index contributed by atoms with van der Waals surface area (Å²) in [6.45, 7) is 3.85. The summed E-state index contributed by atoms with van der Waals surface area (Å²) in [5.74, 6) is -0.965. The Morgan fingerprint density at radius 3 is 2.79 bits per heavy atom. The summed E-state index contributed by atoms with van der Waals surface area (Å²) < 4.78 is 0. The van der Waals surface area contributed by atoms with Gasteiger partial charge in [0.15, 0.2) is 5.54 Å². The van der Waals surface area contributed by atoms with Gasteiger partial charge >= 0.3 is 5.97 Å². The fraction of sp³-hybridized carbons (Fsp3) is 0.308. The third-order valence-corrected chi connectivity index (χ3v) is 3.86. The van der Waals surface area contributed by atoms with Crippen molar-refractivity contribution in [3.63, 3.8) is 0 Å². The molecule has 0 fully saturated rings. The Bertz CT molecular complexity index is 571. The van der Waals surface area contributed by atoms with E-state index in [-0.39, 0.29) is 0 Å². The molecule has 5 nitrogen and oxygen atoms in total. The highest BCUT2D eigenvalue weighted by molar-refractivity contribution is 7.09. The smallest absolute Gasteiger partial charge is 0.329 e. The molecule has 1 atom stereocenters. The Labute approximate surface area is 115 Å². The van der Waals surface area contributed by atoms with Crippen LogP contribution in [0.1, 0.15) is 23.2 Å². The summed E-state index contributed by atoms with van der Waals surface area (Å²) in [5.41, 5.74) is -0.187. The van der Waals surface area contributed by atoms with Gasteiger partial charge in [-0.3, -0.25) is 15.3 Å². The summed E-state index contributed by atoms with van der Waals surface area (Å²) in [5, 5.41) is 14.5. The number of aliphatic carboxylic acids is 1. The second-order valence-corrected chi connectivity index (χ2v) is 5.39. The molecule has 0 amide bonds. The van der Waals surface area contributed by atoms with E-state index >= 15 is 0 Å². The molecule has 0 aromatic carbocycles. The molecule has 0 bridgehead atoms. The van der Waals surface area contributed by atoms with Crippen molar-refractivity contribution in [2.75, 3.05) is 0 Å². The number of hydrogen-bond donors (Lipinski definition) is 2. The van der Waals surface area contributed by atoms with Gasteiger partial charge in [0.05, 0.1) is 11.4 Å². The average Bonchev–Trinajstić information content (AvgIpc) is 2.89. The second kappa shape index (κ2) is 5.46. The number of carboxylic acids is 1. The van der Waals surface area contributed by atoms with Crippen LogP contribution in [0, 0.1) is 6.92 Å². The first-order chi connectivity index (χ1) is 9.04. The van der Waals surface area contributed by atoms with Crippen LogP contribution in [-0.4, -0.2) is 21.0 Å². The third-order valence-electron chi connectivity index (χ3n) is 2.98. The Morgan fingerprint density at radius 1 is 1.47 bits per heavy atom. The fourth-order valence-corrected chi connectivity index (χ4v) is 2.48. The number of hydrogen-bond acceptors (Lipinski definition) is 5. The number of rotatable bonds is 5. The van der Waals surface area contributed by atoms with E-state index in [4.69, 9.17) is 0 Å². The molecule has 0 saturated carbocycles. The highest BCUT2D eigenvalue weighted by Crippen LogP contribution is 2.22. The molecular formula is C13H15N3O2S. The molecule has 2 heterocycles. The van der Waals surface area contributed by atoms with Crippen LogP contribution >= 0.6 is 11.3 Å². The number of carbonyl (C=O) groups is 1. The van der Waals surface area contributed by atoms with Gasteiger partial charge in [0, 0.05) is 23.8 Å². The van der Waals surface area contributed by atoms with Crippen LogP contribution in [0.5, 0.6) is 0 Å². The Balaban J connectivity index is 2.28. The lowest BCUT2D eigenvalue weighted by atomic mass is 9.95. The monoisotopic (exact) mass is 277 g/mol. The largest absolute Gasteiger partial charge is 0.480 e. The number of aryl methyl sites for hydroxylation is 1. The van der Waals surface area contributed by atoms with Gasteiger partial charge in [0.2, 0.25) is 0 Å². The quantitative estimate of drug-likeness (QED) is 0.873. The minimum absolute atomic E-state index is 0.444. The van der Waals surface area contributed by atoms with Crippen LogP contribution < -0.4 is 5.32 Å². The maximum Gasteiger partial charge on any atom is 0.329 e. The summed E-state index contributed by atoms with van der Waals surface area (Å²) >= 11 is 1.58. The molecule has 0 spiro atoms. The maximum absolute atomic E-state index is 11.6. The molecule has 2 rings (SSSR count). The van der Waals surface area contributed by atoms with Crippen molar-refractivity contribution in [2.24, 2.45) is 0 Å². The standard InChI is InChI=1S/C13H15N3O2S/c1-9-11(15-6-5-14-9)13(2,12(17)18)16-8-10-4-3-7-19-10/h3-7,16H,8H2,1-2H3,(H,17,18). The fourth-order valence-electron chi connectivity index (χ4n) is 1.84. The van der Waals surface area contributed by atoms with E-state index in [0.29, 0.717) is 17.9 Å². The van der Waals surface area contributed by atoms with E-state index in [0.717, 1.165) is 4.88 Å². The number of carboxylic acid groups (broad SMARTS) is 1. The molecular weight excluding hydrogens is 262 g/mol. The van der Waals surface area contributed by atoms with Crippen molar-refractivity contribution in [2.45, 2.75) is 25.9 Å². The molecule has 100 valence electrons. The molecule has 2 N–H and O–H groups in total. The highest BCUT2D eigenvalue weighted by atomic mass is 32.1. The maximum atomic E-state index is 11.6. The van der Waals surface area contributed by atoms with Gasteiger partial charge in [-0.05, 0) is 25.3 Å². The van der Waals surface area contributed by atoms with E-state index in [2.05, 4.69) is 15.3 Å². The van der Waals surface area contributed by atoms with Crippen molar-refractivity contribution in [1.82, 2.24) is 15.3 Å². The summed E-state index contributed by atoms with van der Waals surface area (Å²) in [4.78, 5) is 21.0. The summed E-state index contributed by atoms with van der Waals surface area (Å²) in [7, 11) is 0. The van der Waals surface area contributed by atoms with Crippen LogP contribution in [0.4, 0.5) is 0 Å². The number of thiophene rings is 1.